The molecule has 1 N–H and O–H groups in total. The second-order valence-corrected chi connectivity index (χ2v) is 5.41. The summed E-state index contributed by atoms with van der Waals surface area (Å²) < 4.78 is 1.73. The van der Waals surface area contributed by atoms with Gasteiger partial charge in [-0.1, -0.05) is 18.2 Å². The summed E-state index contributed by atoms with van der Waals surface area (Å²) in [4.78, 5) is 14.3. The molecular weight excluding hydrogens is 266 g/mol. The molecule has 1 saturated carbocycles. The van der Waals surface area contributed by atoms with E-state index in [1.165, 1.54) is 0 Å². The Hall–Kier alpha value is -2.14. The summed E-state index contributed by atoms with van der Waals surface area (Å²) in [5.74, 6) is -0.0496. The van der Waals surface area contributed by atoms with Gasteiger partial charge in [-0.2, -0.15) is 5.10 Å². The van der Waals surface area contributed by atoms with Crippen LogP contribution in [0.5, 0.6) is 0 Å². The van der Waals surface area contributed by atoms with E-state index in [0.29, 0.717) is 12.1 Å². The van der Waals surface area contributed by atoms with E-state index < -0.39 is 0 Å². The van der Waals surface area contributed by atoms with Crippen LogP contribution in [0, 0.1) is 6.92 Å². The molecule has 1 aliphatic rings. The van der Waals surface area contributed by atoms with Gasteiger partial charge in [0, 0.05) is 18.8 Å². The summed E-state index contributed by atoms with van der Waals surface area (Å²) in [6.45, 7) is 2.40. The molecule has 5 nitrogen and oxygen atoms in total. The molecule has 1 aromatic carbocycles. The molecule has 110 valence electrons. The number of amides is 1. The van der Waals surface area contributed by atoms with Crippen LogP contribution < -0.4 is 0 Å². The minimum Gasteiger partial charge on any atom is -0.395 e. The van der Waals surface area contributed by atoms with Gasteiger partial charge in [-0.3, -0.25) is 4.79 Å². The van der Waals surface area contributed by atoms with Crippen LogP contribution >= 0.6 is 0 Å². The van der Waals surface area contributed by atoms with Crippen LogP contribution in [0.1, 0.15) is 28.8 Å². The van der Waals surface area contributed by atoms with Crippen LogP contribution in [0.2, 0.25) is 0 Å². The highest BCUT2D eigenvalue weighted by Gasteiger charge is 2.33. The first kappa shape index (κ1) is 13.8. The lowest BCUT2D eigenvalue weighted by Crippen LogP contribution is -2.35. The predicted octanol–water partition coefficient (Wildman–Crippen LogP) is 1.78. The van der Waals surface area contributed by atoms with Gasteiger partial charge < -0.3 is 10.0 Å². The maximum absolute atomic E-state index is 12.5. The number of carbonyl (C=O) groups is 1. The van der Waals surface area contributed by atoms with Crippen LogP contribution in [0.15, 0.2) is 36.7 Å². The monoisotopic (exact) mass is 285 g/mol. The van der Waals surface area contributed by atoms with E-state index in [4.69, 9.17) is 5.11 Å². The molecule has 3 rings (SSSR count). The number of para-hydroxylation sites is 1. The van der Waals surface area contributed by atoms with Crippen molar-refractivity contribution in [2.45, 2.75) is 25.8 Å². The van der Waals surface area contributed by atoms with E-state index in [0.717, 1.165) is 24.1 Å². The fourth-order valence-electron chi connectivity index (χ4n) is 2.50. The largest absolute Gasteiger partial charge is 0.395 e. The number of aliphatic hydroxyl groups is 1. The van der Waals surface area contributed by atoms with E-state index in [-0.39, 0.29) is 18.6 Å². The van der Waals surface area contributed by atoms with E-state index in [9.17, 15) is 4.79 Å². The minimum atomic E-state index is -0.0496. The number of benzene rings is 1. The summed E-state index contributed by atoms with van der Waals surface area (Å²) >= 11 is 0. The Morgan fingerprint density at radius 2 is 2.19 bits per heavy atom. The lowest BCUT2D eigenvalue weighted by Gasteiger charge is -2.20. The molecule has 0 aliphatic heterocycles. The zero-order chi connectivity index (χ0) is 14.8. The van der Waals surface area contributed by atoms with Crippen molar-refractivity contribution in [3.05, 3.63) is 47.8 Å². The summed E-state index contributed by atoms with van der Waals surface area (Å²) in [7, 11) is 0. The Morgan fingerprint density at radius 1 is 1.43 bits per heavy atom. The average Bonchev–Trinajstić information content (AvgIpc) is 3.21. The Bertz CT molecular complexity index is 646. The molecule has 1 heterocycles. The highest BCUT2D eigenvalue weighted by Crippen LogP contribution is 2.28. The van der Waals surface area contributed by atoms with Crippen molar-refractivity contribution in [3.63, 3.8) is 0 Å². The zero-order valence-electron chi connectivity index (χ0n) is 12.1. The third kappa shape index (κ3) is 2.83. The van der Waals surface area contributed by atoms with Crippen LogP contribution in [-0.4, -0.2) is 44.9 Å². The number of hydrogen-bond acceptors (Lipinski definition) is 3. The number of carbonyl (C=O) groups excluding carboxylic acids is 1. The molecule has 1 fully saturated rings. The molecule has 0 radical (unpaired) electrons. The molecule has 0 bridgehead atoms. The number of aliphatic hydroxyl groups excluding tert-OH is 1. The molecule has 1 aromatic heterocycles. The number of aryl methyl sites for hydroxylation is 1. The van der Waals surface area contributed by atoms with Crippen molar-refractivity contribution in [1.82, 2.24) is 14.7 Å². The van der Waals surface area contributed by atoms with E-state index >= 15 is 0 Å². The van der Waals surface area contributed by atoms with Crippen LogP contribution in [0.3, 0.4) is 0 Å². The van der Waals surface area contributed by atoms with Crippen LogP contribution in [0.4, 0.5) is 0 Å². The van der Waals surface area contributed by atoms with Crippen molar-refractivity contribution in [3.8, 4) is 5.69 Å². The number of hydrogen-bond donors (Lipinski definition) is 1. The van der Waals surface area contributed by atoms with Gasteiger partial charge in [0.2, 0.25) is 0 Å². The smallest absolute Gasteiger partial charge is 0.257 e. The van der Waals surface area contributed by atoms with Crippen molar-refractivity contribution in [2.24, 2.45) is 0 Å². The van der Waals surface area contributed by atoms with E-state index in [1.54, 1.807) is 22.0 Å². The molecule has 2 aromatic rings. The molecule has 21 heavy (non-hydrogen) atoms. The van der Waals surface area contributed by atoms with Gasteiger partial charge in [-0.15, -0.1) is 0 Å². The molecule has 0 spiro atoms. The van der Waals surface area contributed by atoms with E-state index in [1.807, 2.05) is 31.2 Å². The Morgan fingerprint density at radius 3 is 2.86 bits per heavy atom. The molecule has 1 aliphatic carbocycles. The summed E-state index contributed by atoms with van der Waals surface area (Å²) in [6.07, 6.45) is 5.41. The van der Waals surface area contributed by atoms with Crippen molar-refractivity contribution in [2.75, 3.05) is 13.2 Å². The standard InChI is InChI=1S/C16H19N3O2/c1-12-4-2-3-5-15(12)19-11-13(10-17-19)16(21)18(8-9-20)14-6-7-14/h2-5,10-11,14,20H,6-9H2,1H3. The summed E-state index contributed by atoms with van der Waals surface area (Å²) in [5.41, 5.74) is 2.64. The van der Waals surface area contributed by atoms with Gasteiger partial charge in [-0.05, 0) is 31.4 Å². The Balaban J connectivity index is 1.84. The normalized spacial score (nSPS) is 14.2. The second kappa shape index (κ2) is 5.69. The minimum absolute atomic E-state index is 0.00578. The quantitative estimate of drug-likeness (QED) is 0.911. The SMILES string of the molecule is Cc1ccccc1-n1cc(C(=O)N(CCO)C2CC2)cn1. The first-order chi connectivity index (χ1) is 10.2. The van der Waals surface area contributed by atoms with Crippen molar-refractivity contribution in [1.29, 1.82) is 0 Å². The summed E-state index contributed by atoms with van der Waals surface area (Å²) in [6, 6.07) is 8.20. The average molecular weight is 285 g/mol. The van der Waals surface area contributed by atoms with Gasteiger partial charge >= 0.3 is 0 Å². The lowest BCUT2D eigenvalue weighted by molar-refractivity contribution is 0.0707. The Labute approximate surface area is 123 Å². The first-order valence-electron chi connectivity index (χ1n) is 7.23. The molecule has 0 saturated heterocycles. The maximum atomic E-state index is 12.5. The summed E-state index contributed by atoms with van der Waals surface area (Å²) in [5, 5.41) is 13.4. The third-order valence-electron chi connectivity index (χ3n) is 3.78. The van der Waals surface area contributed by atoms with Gasteiger partial charge in [0.15, 0.2) is 0 Å². The number of rotatable bonds is 5. The molecule has 0 atom stereocenters. The topological polar surface area (TPSA) is 58.4 Å². The van der Waals surface area contributed by atoms with Gasteiger partial charge in [0.25, 0.3) is 5.91 Å². The lowest BCUT2D eigenvalue weighted by atomic mass is 10.2. The third-order valence-corrected chi connectivity index (χ3v) is 3.78. The van der Waals surface area contributed by atoms with Crippen LogP contribution in [0.25, 0.3) is 5.69 Å². The van der Waals surface area contributed by atoms with Gasteiger partial charge in [-0.25, -0.2) is 4.68 Å². The molecule has 0 unspecified atom stereocenters. The van der Waals surface area contributed by atoms with Crippen LogP contribution in [-0.2, 0) is 0 Å². The molecule has 5 heteroatoms. The second-order valence-electron chi connectivity index (χ2n) is 5.41. The van der Waals surface area contributed by atoms with E-state index in [2.05, 4.69) is 5.10 Å². The van der Waals surface area contributed by atoms with Gasteiger partial charge in [0.05, 0.1) is 24.1 Å². The van der Waals surface area contributed by atoms with Crippen molar-refractivity contribution < 1.29 is 9.90 Å². The van der Waals surface area contributed by atoms with Gasteiger partial charge in [0.1, 0.15) is 0 Å². The Kier molecular flexibility index (Phi) is 3.75. The fraction of sp³-hybridized carbons (Fsp3) is 0.375. The highest BCUT2D eigenvalue weighted by molar-refractivity contribution is 5.94. The van der Waals surface area contributed by atoms with Crippen molar-refractivity contribution >= 4 is 5.91 Å². The first-order valence-corrected chi connectivity index (χ1v) is 7.23. The fourth-order valence-corrected chi connectivity index (χ4v) is 2.50. The number of aromatic nitrogens is 2. The molecular formula is C16H19N3O2. The molecule has 1 amide bonds. The highest BCUT2D eigenvalue weighted by atomic mass is 16.3. The predicted molar refractivity (Wildman–Crippen MR) is 79.4 cm³/mol. The maximum Gasteiger partial charge on any atom is 0.257 e. The number of nitrogens with zero attached hydrogens (tertiary/aromatic N) is 3. The zero-order valence-corrected chi connectivity index (χ0v) is 12.1.